The van der Waals surface area contributed by atoms with E-state index in [1.807, 2.05) is 13.8 Å². The molecule has 4 saturated carbocycles. The Bertz CT molecular complexity index is 1520. The average molecular weight is 823 g/mol. The van der Waals surface area contributed by atoms with Crippen molar-refractivity contribution in [2.75, 3.05) is 6.61 Å². The van der Waals surface area contributed by atoms with E-state index >= 15 is 0 Å². The van der Waals surface area contributed by atoms with Crippen molar-refractivity contribution < 1.29 is 73.0 Å². The van der Waals surface area contributed by atoms with E-state index in [0.717, 1.165) is 44.1 Å². The molecular weight excluding hydrogens is 756 g/mol. The topological polar surface area (TPSA) is 209 Å². The van der Waals surface area contributed by atoms with E-state index in [-0.39, 0.29) is 61.1 Å². The van der Waals surface area contributed by atoms with E-state index in [4.69, 9.17) is 37.9 Å². The summed E-state index contributed by atoms with van der Waals surface area (Å²) in [5, 5.41) is 57.5. The zero-order valence-electron chi connectivity index (χ0n) is 34.8. The van der Waals surface area contributed by atoms with Crippen molar-refractivity contribution in [2.45, 2.75) is 204 Å². The van der Waals surface area contributed by atoms with Crippen LogP contribution in [-0.4, -0.2) is 136 Å². The lowest BCUT2D eigenvalue weighted by Gasteiger charge is -2.65. The molecule has 0 amide bonds. The lowest BCUT2D eigenvalue weighted by Crippen LogP contribution is -2.67. The van der Waals surface area contributed by atoms with Crippen molar-refractivity contribution in [1.82, 2.24) is 0 Å². The van der Waals surface area contributed by atoms with Crippen LogP contribution in [0, 0.1) is 34.5 Å². The number of cyclic esters (lactones) is 1. The first-order valence-corrected chi connectivity index (χ1v) is 21.8. The summed E-state index contributed by atoms with van der Waals surface area (Å²) in [6.07, 6.45) is -1.64. The smallest absolute Gasteiger partial charge is 0.331 e. The molecule has 21 atom stereocenters. The minimum absolute atomic E-state index is 0.0551. The standard InChI is InChI=1S/C43H66O15/c1-20-38(55-23(4)44)30(45)17-36(53-20)57-40-22(3)54-37(18-32(40)47)58-39-21(2)52-35(16-31(39)46)56-26-9-11-41(5)25(14-26)7-8-28-29(41)15-33(48)42(6)27(10-12-43(28,42)50)24-13-34(49)51-19-24/h13,20-22,25-33,35-40,45-48,50H,7-12,14-19H2,1-6H3/t20-,21-,22-,25?,26+,27-,28?,29?,30+,31+,32+,33-,35+,36?,37?,38-,39-,40-,41+,42+,43+/m1/s1. The summed E-state index contributed by atoms with van der Waals surface area (Å²) in [5.74, 6) is -0.339. The molecule has 0 aromatic heterocycles. The molecule has 8 aliphatic rings. The van der Waals surface area contributed by atoms with Gasteiger partial charge < -0.3 is 63.4 Å². The number of fused-ring (bicyclic) bond motifs is 5. The van der Waals surface area contributed by atoms with Gasteiger partial charge in [0.15, 0.2) is 25.0 Å². The van der Waals surface area contributed by atoms with Gasteiger partial charge in [0.1, 0.15) is 18.8 Å². The maximum absolute atomic E-state index is 12.6. The molecule has 0 spiro atoms. The Morgan fingerprint density at radius 3 is 1.83 bits per heavy atom. The summed E-state index contributed by atoms with van der Waals surface area (Å²) in [6.45, 7) is 11.2. The fourth-order valence-electron chi connectivity index (χ4n) is 13.1. The Hall–Kier alpha value is -1.76. The molecule has 58 heavy (non-hydrogen) atoms. The monoisotopic (exact) mass is 822 g/mol. The van der Waals surface area contributed by atoms with Gasteiger partial charge in [-0.3, -0.25) is 4.79 Å². The Labute approximate surface area is 341 Å². The number of rotatable bonds is 8. The maximum atomic E-state index is 12.6. The van der Waals surface area contributed by atoms with Crippen molar-refractivity contribution in [3.63, 3.8) is 0 Å². The van der Waals surface area contributed by atoms with Crippen LogP contribution in [-0.2, 0) is 47.5 Å². The van der Waals surface area contributed by atoms with Crippen LogP contribution in [0.25, 0.3) is 0 Å². The van der Waals surface area contributed by atoms with Crippen LogP contribution in [0.5, 0.6) is 0 Å². The lowest BCUT2D eigenvalue weighted by atomic mass is 9.42. The summed E-state index contributed by atoms with van der Waals surface area (Å²) in [7, 11) is 0. The Morgan fingerprint density at radius 1 is 0.724 bits per heavy atom. The Morgan fingerprint density at radius 2 is 1.29 bits per heavy atom. The number of carbonyl (C=O) groups is 2. The first-order valence-electron chi connectivity index (χ1n) is 21.8. The van der Waals surface area contributed by atoms with Gasteiger partial charge in [-0.25, -0.2) is 4.79 Å². The molecule has 0 aromatic rings. The SMILES string of the molecule is CC(=O)O[C@H]1[C@@H](O)CC(O[C@H]2[C@@H](O)CC(O[C@H]3[C@@H](O)C[C@H](O[C@H]4CC[C@@]5(C)C(CCC6C5C[C@@H](O)[C@]5(C)[C@@H](C7=CC(=O)OC7)CC[C@]65O)C4)O[C@@H]3C)O[C@@H]2C)O[C@@H]1C. The van der Waals surface area contributed by atoms with Gasteiger partial charge in [-0.1, -0.05) is 13.8 Å². The molecule has 8 rings (SSSR count). The third-order valence-electron chi connectivity index (χ3n) is 16.2. The maximum Gasteiger partial charge on any atom is 0.331 e. The summed E-state index contributed by atoms with van der Waals surface area (Å²) in [6, 6.07) is 0. The number of hydrogen-bond donors (Lipinski definition) is 5. The van der Waals surface area contributed by atoms with Gasteiger partial charge in [0.25, 0.3) is 0 Å². The highest BCUT2D eigenvalue weighted by Gasteiger charge is 2.71. The van der Waals surface area contributed by atoms with Crippen LogP contribution < -0.4 is 0 Å². The van der Waals surface area contributed by atoms with E-state index in [2.05, 4.69) is 6.92 Å². The molecular formula is C43H66O15. The lowest BCUT2D eigenvalue weighted by molar-refractivity contribution is -0.336. The van der Waals surface area contributed by atoms with Crippen LogP contribution >= 0.6 is 0 Å². The second-order valence-corrected chi connectivity index (χ2v) is 19.4. The summed E-state index contributed by atoms with van der Waals surface area (Å²) >= 11 is 0. The average Bonchev–Trinajstić information content (AvgIpc) is 3.70. The van der Waals surface area contributed by atoms with Gasteiger partial charge >= 0.3 is 11.9 Å². The predicted molar refractivity (Wildman–Crippen MR) is 202 cm³/mol. The van der Waals surface area contributed by atoms with E-state index in [1.165, 1.54) is 6.92 Å². The van der Waals surface area contributed by atoms with Crippen molar-refractivity contribution in [3.8, 4) is 0 Å². The highest BCUT2D eigenvalue weighted by atomic mass is 16.7. The number of aliphatic hydroxyl groups is 5. The molecule has 0 bridgehead atoms. The van der Waals surface area contributed by atoms with Gasteiger partial charge in [-0.05, 0) is 107 Å². The van der Waals surface area contributed by atoms with Gasteiger partial charge in [0.05, 0.1) is 54.4 Å². The molecule has 0 radical (unpaired) electrons. The van der Waals surface area contributed by atoms with Crippen LogP contribution in [0.3, 0.4) is 0 Å². The van der Waals surface area contributed by atoms with E-state index < -0.39 is 96.9 Å². The molecule has 4 aliphatic heterocycles. The molecule has 7 fully saturated rings. The number of ether oxygens (including phenoxy) is 8. The fraction of sp³-hybridized carbons (Fsp3) is 0.907. The van der Waals surface area contributed by atoms with E-state index in [1.54, 1.807) is 19.9 Å². The molecule has 0 aromatic carbocycles. The second kappa shape index (κ2) is 16.2. The number of hydrogen-bond acceptors (Lipinski definition) is 15. The normalized spacial score (nSPS) is 53.2. The van der Waals surface area contributed by atoms with Crippen LogP contribution in [0.4, 0.5) is 0 Å². The fourth-order valence-corrected chi connectivity index (χ4v) is 13.1. The summed E-state index contributed by atoms with van der Waals surface area (Å²) in [5.41, 5.74) is -0.916. The quantitative estimate of drug-likeness (QED) is 0.176. The van der Waals surface area contributed by atoms with E-state index in [9.17, 15) is 35.1 Å². The number of carbonyl (C=O) groups excluding carboxylic acids is 2. The number of esters is 2. The van der Waals surface area contributed by atoms with Crippen LogP contribution in [0.2, 0.25) is 0 Å². The van der Waals surface area contributed by atoms with Crippen LogP contribution in [0.1, 0.15) is 112 Å². The molecule has 5 N–H and O–H groups in total. The first-order chi connectivity index (χ1) is 27.4. The summed E-state index contributed by atoms with van der Waals surface area (Å²) < 4.78 is 47.6. The third kappa shape index (κ3) is 7.49. The zero-order chi connectivity index (χ0) is 41.5. The highest BCUT2D eigenvalue weighted by Crippen LogP contribution is 2.70. The largest absolute Gasteiger partial charge is 0.458 e. The third-order valence-corrected chi connectivity index (χ3v) is 16.2. The molecule has 15 nitrogen and oxygen atoms in total. The molecule has 5 unspecified atom stereocenters. The van der Waals surface area contributed by atoms with E-state index in [0.29, 0.717) is 18.8 Å². The predicted octanol–water partition coefficient (Wildman–Crippen LogP) is 2.79. The Kier molecular flexibility index (Phi) is 12.0. The minimum Gasteiger partial charge on any atom is -0.458 e. The van der Waals surface area contributed by atoms with Gasteiger partial charge in [-0.2, -0.15) is 0 Å². The Balaban J connectivity index is 0.823. The molecule has 4 heterocycles. The first kappa shape index (κ1) is 42.9. The minimum atomic E-state index is -1.02. The van der Waals surface area contributed by atoms with Gasteiger partial charge in [-0.15, -0.1) is 0 Å². The molecule has 3 saturated heterocycles. The highest BCUT2D eigenvalue weighted by molar-refractivity contribution is 5.85. The molecule has 4 aliphatic carbocycles. The van der Waals surface area contributed by atoms with Crippen molar-refractivity contribution in [1.29, 1.82) is 0 Å². The van der Waals surface area contributed by atoms with Crippen LogP contribution in [0.15, 0.2) is 11.6 Å². The molecule has 328 valence electrons. The number of aliphatic hydroxyl groups excluding tert-OH is 4. The summed E-state index contributed by atoms with van der Waals surface area (Å²) in [4.78, 5) is 23.4. The van der Waals surface area contributed by atoms with Gasteiger partial charge in [0.2, 0.25) is 0 Å². The zero-order valence-corrected chi connectivity index (χ0v) is 34.8. The van der Waals surface area contributed by atoms with Crippen molar-refractivity contribution in [3.05, 3.63) is 11.6 Å². The van der Waals surface area contributed by atoms with Crippen molar-refractivity contribution in [2.24, 2.45) is 34.5 Å². The van der Waals surface area contributed by atoms with Gasteiger partial charge in [0, 0.05) is 37.7 Å². The van der Waals surface area contributed by atoms with Crippen molar-refractivity contribution >= 4 is 11.9 Å². The molecule has 15 heteroatoms. The second-order valence-electron chi connectivity index (χ2n) is 19.4.